The number of carbonyl (C=O) groups is 2. The van der Waals surface area contributed by atoms with Crippen molar-refractivity contribution in [2.24, 2.45) is 0 Å². The third-order valence-electron chi connectivity index (χ3n) is 5.15. The average Bonchev–Trinajstić information content (AvgIpc) is 2.71. The van der Waals surface area contributed by atoms with Gasteiger partial charge in [-0.2, -0.15) is 0 Å². The number of nitrogens with zero attached hydrogens (tertiary/aromatic N) is 3. The van der Waals surface area contributed by atoms with Crippen molar-refractivity contribution >= 4 is 28.8 Å². The molecule has 0 radical (unpaired) electrons. The van der Waals surface area contributed by atoms with Gasteiger partial charge in [-0.05, 0) is 18.5 Å². The number of hydrogen-bond acceptors (Lipinski definition) is 5. The van der Waals surface area contributed by atoms with E-state index in [4.69, 9.17) is 0 Å². The molecule has 1 heterocycles. The lowest BCUT2D eigenvalue weighted by Crippen LogP contribution is -2.58. The highest BCUT2D eigenvalue weighted by atomic mass is 16.4. The zero-order valence-corrected chi connectivity index (χ0v) is 15.5. The van der Waals surface area contributed by atoms with Crippen LogP contribution in [-0.2, 0) is 4.79 Å². The number of benzene rings is 2. The van der Waals surface area contributed by atoms with Gasteiger partial charge in [-0.25, -0.2) is 4.79 Å². The quantitative estimate of drug-likeness (QED) is 0.723. The van der Waals surface area contributed by atoms with Gasteiger partial charge in [0.05, 0.1) is 19.3 Å². The molecule has 2 aromatic rings. The fourth-order valence-corrected chi connectivity index (χ4v) is 3.68. The predicted molar refractivity (Wildman–Crippen MR) is 106 cm³/mol. The molecule has 1 amide bonds. The Morgan fingerprint density at radius 3 is 2.56 bits per heavy atom. The second kappa shape index (κ2) is 8.83. The molecule has 3 rings (SSSR count). The number of fused-ring (bicyclic) bond motifs is 1. The smallest absolute Gasteiger partial charge is 0.407 e. The molecule has 0 saturated carbocycles. The standard InChI is InChI=1S/C20H26N4O3/c1-21-19(15-24(13-14-25)20(26)27)23-11-9-22(10-12-23)18-8-4-6-16-5-2-3-7-17(16)18/h2-8,14,19,21H,9-13,15H2,1H3,(H,26,27). The van der Waals surface area contributed by atoms with Gasteiger partial charge in [0.15, 0.2) is 0 Å². The summed E-state index contributed by atoms with van der Waals surface area (Å²) >= 11 is 0. The third-order valence-corrected chi connectivity index (χ3v) is 5.15. The molecule has 2 aromatic carbocycles. The second-order valence-electron chi connectivity index (χ2n) is 6.68. The highest BCUT2D eigenvalue weighted by Crippen LogP contribution is 2.27. The van der Waals surface area contributed by atoms with Crippen molar-refractivity contribution in [3.8, 4) is 0 Å². The van der Waals surface area contributed by atoms with Crippen molar-refractivity contribution in [2.45, 2.75) is 6.17 Å². The summed E-state index contributed by atoms with van der Waals surface area (Å²) < 4.78 is 0. The lowest BCUT2D eigenvalue weighted by Gasteiger charge is -2.41. The molecule has 0 bridgehead atoms. The number of nitrogens with one attached hydrogen (secondary N) is 1. The van der Waals surface area contributed by atoms with Crippen LogP contribution in [-0.4, -0.2) is 79.8 Å². The average molecular weight is 370 g/mol. The fraction of sp³-hybridized carbons (Fsp3) is 0.400. The number of carbonyl (C=O) groups excluding carboxylic acids is 1. The van der Waals surface area contributed by atoms with Gasteiger partial charge < -0.3 is 20.1 Å². The lowest BCUT2D eigenvalue weighted by molar-refractivity contribution is -0.108. The van der Waals surface area contributed by atoms with E-state index in [1.165, 1.54) is 16.5 Å². The molecule has 7 nitrogen and oxygen atoms in total. The Morgan fingerprint density at radius 1 is 1.19 bits per heavy atom. The molecule has 1 atom stereocenters. The van der Waals surface area contributed by atoms with Crippen molar-refractivity contribution in [3.05, 3.63) is 42.5 Å². The molecular weight excluding hydrogens is 344 g/mol. The highest BCUT2D eigenvalue weighted by molar-refractivity contribution is 5.94. The van der Waals surface area contributed by atoms with Crippen molar-refractivity contribution in [3.63, 3.8) is 0 Å². The largest absolute Gasteiger partial charge is 0.465 e. The second-order valence-corrected chi connectivity index (χ2v) is 6.68. The minimum atomic E-state index is -1.07. The van der Waals surface area contributed by atoms with Crippen LogP contribution < -0.4 is 10.2 Å². The van der Waals surface area contributed by atoms with E-state index in [0.29, 0.717) is 6.29 Å². The molecule has 0 aliphatic carbocycles. The number of aldehydes is 1. The number of rotatable bonds is 7. The Morgan fingerprint density at radius 2 is 1.89 bits per heavy atom. The molecular formula is C20H26N4O3. The minimum Gasteiger partial charge on any atom is -0.465 e. The summed E-state index contributed by atoms with van der Waals surface area (Å²) in [6, 6.07) is 14.8. The van der Waals surface area contributed by atoms with Crippen LogP contribution in [0.15, 0.2) is 42.5 Å². The van der Waals surface area contributed by atoms with Crippen molar-refractivity contribution < 1.29 is 14.7 Å². The van der Waals surface area contributed by atoms with Crippen molar-refractivity contribution in [1.82, 2.24) is 15.1 Å². The summed E-state index contributed by atoms with van der Waals surface area (Å²) in [5.74, 6) is 0. The van der Waals surface area contributed by atoms with Gasteiger partial charge >= 0.3 is 6.09 Å². The maximum atomic E-state index is 11.3. The summed E-state index contributed by atoms with van der Waals surface area (Å²) in [5, 5.41) is 14.9. The highest BCUT2D eigenvalue weighted by Gasteiger charge is 2.26. The van der Waals surface area contributed by atoms with E-state index in [9.17, 15) is 14.7 Å². The maximum absolute atomic E-state index is 11.3. The Labute approximate surface area is 159 Å². The first kappa shape index (κ1) is 19.1. The van der Waals surface area contributed by atoms with E-state index in [1.807, 2.05) is 7.05 Å². The van der Waals surface area contributed by atoms with Crippen LogP contribution >= 0.6 is 0 Å². The van der Waals surface area contributed by atoms with E-state index in [-0.39, 0.29) is 19.3 Å². The monoisotopic (exact) mass is 370 g/mol. The molecule has 144 valence electrons. The van der Waals surface area contributed by atoms with Gasteiger partial charge in [0, 0.05) is 37.3 Å². The Kier molecular flexibility index (Phi) is 6.26. The topological polar surface area (TPSA) is 76.1 Å². The Bertz CT molecular complexity index is 784. The molecule has 0 aromatic heterocycles. The van der Waals surface area contributed by atoms with Crippen molar-refractivity contribution in [1.29, 1.82) is 0 Å². The summed E-state index contributed by atoms with van der Waals surface area (Å²) in [7, 11) is 1.82. The van der Waals surface area contributed by atoms with Gasteiger partial charge in [0.25, 0.3) is 0 Å². The third kappa shape index (κ3) is 4.37. The zero-order valence-electron chi connectivity index (χ0n) is 15.5. The number of anilines is 1. The van der Waals surface area contributed by atoms with Gasteiger partial charge in [-0.3, -0.25) is 9.80 Å². The van der Waals surface area contributed by atoms with E-state index in [1.54, 1.807) is 0 Å². The molecule has 1 saturated heterocycles. The van der Waals surface area contributed by atoms with E-state index in [0.717, 1.165) is 31.1 Å². The van der Waals surface area contributed by atoms with E-state index >= 15 is 0 Å². The Balaban J connectivity index is 1.66. The maximum Gasteiger partial charge on any atom is 0.407 e. The first-order valence-corrected chi connectivity index (χ1v) is 9.19. The van der Waals surface area contributed by atoms with Gasteiger partial charge in [0.2, 0.25) is 0 Å². The molecule has 0 spiro atoms. The normalized spacial score (nSPS) is 16.3. The van der Waals surface area contributed by atoms with Crippen molar-refractivity contribution in [2.75, 3.05) is 51.2 Å². The van der Waals surface area contributed by atoms with Gasteiger partial charge in [-0.1, -0.05) is 36.4 Å². The fourth-order valence-electron chi connectivity index (χ4n) is 3.68. The summed E-state index contributed by atoms with van der Waals surface area (Å²) in [5.41, 5.74) is 1.24. The van der Waals surface area contributed by atoms with Gasteiger partial charge in [0.1, 0.15) is 6.29 Å². The lowest BCUT2D eigenvalue weighted by atomic mass is 10.1. The van der Waals surface area contributed by atoms with E-state index in [2.05, 4.69) is 57.6 Å². The van der Waals surface area contributed by atoms with Crippen LogP contribution in [0, 0.1) is 0 Å². The molecule has 1 aliphatic heterocycles. The predicted octanol–water partition coefficient (Wildman–Crippen LogP) is 1.69. The van der Waals surface area contributed by atoms with Crippen LogP contribution in [0.5, 0.6) is 0 Å². The number of piperazine rings is 1. The number of amides is 1. The molecule has 27 heavy (non-hydrogen) atoms. The van der Waals surface area contributed by atoms with Crippen LogP contribution in [0.2, 0.25) is 0 Å². The molecule has 1 aliphatic rings. The first-order valence-electron chi connectivity index (χ1n) is 9.19. The number of carboxylic acid groups (broad SMARTS) is 1. The van der Waals surface area contributed by atoms with E-state index < -0.39 is 6.09 Å². The zero-order chi connectivity index (χ0) is 19.2. The van der Waals surface area contributed by atoms with Crippen LogP contribution in [0.3, 0.4) is 0 Å². The Hall–Kier alpha value is -2.64. The summed E-state index contributed by atoms with van der Waals surface area (Å²) in [6.45, 7) is 3.54. The van der Waals surface area contributed by atoms with Crippen LogP contribution in [0.1, 0.15) is 0 Å². The minimum absolute atomic E-state index is 0.108. The SMILES string of the molecule is CNC(CN(CC=O)C(=O)O)N1CCN(c2cccc3ccccc23)CC1. The number of likely N-dealkylation sites (N-methyl/N-ethyl adjacent to an activating group) is 1. The van der Waals surface area contributed by atoms with Crippen LogP contribution in [0.25, 0.3) is 10.8 Å². The molecule has 1 fully saturated rings. The first-order chi connectivity index (χ1) is 13.1. The summed E-state index contributed by atoms with van der Waals surface area (Å²) in [6.07, 6.45) is -0.563. The summed E-state index contributed by atoms with van der Waals surface area (Å²) in [4.78, 5) is 27.8. The molecule has 1 unspecified atom stereocenters. The molecule has 2 N–H and O–H groups in total. The number of hydrogen-bond donors (Lipinski definition) is 2. The molecule has 7 heteroatoms. The van der Waals surface area contributed by atoms with Crippen LogP contribution in [0.4, 0.5) is 10.5 Å². The van der Waals surface area contributed by atoms with Gasteiger partial charge in [-0.15, -0.1) is 0 Å².